The number of nitrogens with two attached hydrogens (primary N) is 1. The molecule has 0 aliphatic heterocycles. The van der Waals surface area contributed by atoms with Gasteiger partial charge in [-0.3, -0.25) is 0 Å². The van der Waals surface area contributed by atoms with Crippen LogP contribution in [-0.4, -0.2) is 32.2 Å². The molecule has 1 aromatic rings. The number of benzene rings is 1. The number of para-hydroxylation sites is 2. The van der Waals surface area contributed by atoms with Gasteiger partial charge in [0.05, 0.1) is 0 Å². The average Bonchev–Trinajstić information content (AvgIpc) is 2.34. The molecule has 0 heterocycles. The van der Waals surface area contributed by atoms with Gasteiger partial charge < -0.3 is 19.9 Å². The second-order valence-corrected chi connectivity index (χ2v) is 3.62. The van der Waals surface area contributed by atoms with Crippen LogP contribution in [0.25, 0.3) is 0 Å². The fraction of sp³-hybridized carbons (Fsp3) is 0.500. The molecule has 1 aromatic carbocycles. The quantitative estimate of drug-likeness (QED) is 0.832. The van der Waals surface area contributed by atoms with Crippen molar-refractivity contribution in [3.63, 3.8) is 0 Å². The zero-order chi connectivity index (χ0) is 14.3. The largest absolute Gasteiger partial charge is 0.573 e. The molecular weight excluding hydrogens is 263 g/mol. The molecule has 1 unspecified atom stereocenters. The molecule has 0 fully saturated rings. The van der Waals surface area contributed by atoms with Crippen molar-refractivity contribution in [1.82, 2.24) is 0 Å². The van der Waals surface area contributed by atoms with Crippen LogP contribution in [-0.2, 0) is 4.74 Å². The van der Waals surface area contributed by atoms with Gasteiger partial charge in [-0.25, -0.2) is 0 Å². The summed E-state index contributed by atoms with van der Waals surface area (Å²) >= 11 is 0. The van der Waals surface area contributed by atoms with Gasteiger partial charge in [0.15, 0.2) is 11.5 Å². The lowest BCUT2D eigenvalue weighted by Crippen LogP contribution is -2.30. The van der Waals surface area contributed by atoms with E-state index in [2.05, 4.69) is 4.74 Å². The van der Waals surface area contributed by atoms with Crippen LogP contribution in [0.4, 0.5) is 13.2 Å². The highest BCUT2D eigenvalue weighted by molar-refractivity contribution is 5.39. The van der Waals surface area contributed by atoms with Gasteiger partial charge in [-0.15, -0.1) is 13.2 Å². The Bertz CT molecular complexity index is 385. The maximum absolute atomic E-state index is 12.2. The van der Waals surface area contributed by atoms with Gasteiger partial charge in [-0.2, -0.15) is 0 Å². The predicted molar refractivity (Wildman–Crippen MR) is 63.1 cm³/mol. The molecule has 0 saturated heterocycles. The van der Waals surface area contributed by atoms with Gasteiger partial charge in [0, 0.05) is 13.2 Å². The van der Waals surface area contributed by atoms with Gasteiger partial charge in [-0.1, -0.05) is 12.1 Å². The second kappa shape index (κ2) is 7.20. The first-order valence-electron chi connectivity index (χ1n) is 5.75. The van der Waals surface area contributed by atoms with Crippen molar-refractivity contribution in [2.45, 2.75) is 19.4 Å². The molecule has 1 rings (SSSR count). The first-order valence-corrected chi connectivity index (χ1v) is 5.75. The highest BCUT2D eigenvalue weighted by Crippen LogP contribution is 2.31. The lowest BCUT2D eigenvalue weighted by molar-refractivity contribution is -0.275. The Hall–Kier alpha value is -1.47. The number of ether oxygens (including phenoxy) is 3. The van der Waals surface area contributed by atoms with E-state index in [4.69, 9.17) is 15.2 Å². The van der Waals surface area contributed by atoms with Gasteiger partial charge in [-0.05, 0) is 19.1 Å². The Morgan fingerprint density at radius 3 is 2.37 bits per heavy atom. The van der Waals surface area contributed by atoms with E-state index >= 15 is 0 Å². The third-order valence-corrected chi connectivity index (χ3v) is 2.16. The topological polar surface area (TPSA) is 53.7 Å². The van der Waals surface area contributed by atoms with Crippen LogP contribution >= 0.6 is 0 Å². The van der Waals surface area contributed by atoms with Gasteiger partial charge in [0.1, 0.15) is 12.7 Å². The number of hydrogen-bond acceptors (Lipinski definition) is 4. The normalized spacial score (nSPS) is 13.1. The smallest absolute Gasteiger partial charge is 0.487 e. The van der Waals surface area contributed by atoms with Crippen molar-refractivity contribution in [2.75, 3.05) is 19.8 Å². The molecule has 0 radical (unpaired) electrons. The summed E-state index contributed by atoms with van der Waals surface area (Å²) in [6, 6.07) is 5.55. The molecule has 19 heavy (non-hydrogen) atoms. The number of rotatable bonds is 7. The van der Waals surface area contributed by atoms with E-state index < -0.39 is 6.36 Å². The molecule has 1 atom stereocenters. The molecule has 0 amide bonds. The summed E-state index contributed by atoms with van der Waals surface area (Å²) in [5.41, 5.74) is 5.45. The molecule has 4 nitrogen and oxygen atoms in total. The fourth-order valence-corrected chi connectivity index (χ4v) is 1.38. The van der Waals surface area contributed by atoms with Crippen molar-refractivity contribution in [3.8, 4) is 11.5 Å². The standard InChI is InChI=1S/C12H16F3NO3/c1-2-17-9(7-16)8-18-10-5-3-4-6-11(10)19-12(13,14)15/h3-6,9H,2,7-8,16H2,1H3. The molecular formula is C12H16F3NO3. The molecule has 0 aliphatic rings. The lowest BCUT2D eigenvalue weighted by atomic mass is 10.3. The van der Waals surface area contributed by atoms with Crippen LogP contribution < -0.4 is 15.2 Å². The van der Waals surface area contributed by atoms with Crippen LogP contribution in [0.15, 0.2) is 24.3 Å². The maximum Gasteiger partial charge on any atom is 0.573 e. The van der Waals surface area contributed by atoms with Crippen molar-refractivity contribution < 1.29 is 27.4 Å². The Morgan fingerprint density at radius 1 is 1.21 bits per heavy atom. The average molecular weight is 279 g/mol. The predicted octanol–water partition coefficient (Wildman–Crippen LogP) is 2.33. The fourth-order valence-electron chi connectivity index (χ4n) is 1.38. The highest BCUT2D eigenvalue weighted by Gasteiger charge is 2.32. The third-order valence-electron chi connectivity index (χ3n) is 2.16. The van der Waals surface area contributed by atoms with E-state index in [-0.39, 0.29) is 30.8 Å². The second-order valence-electron chi connectivity index (χ2n) is 3.62. The van der Waals surface area contributed by atoms with Gasteiger partial charge in [0.2, 0.25) is 0 Å². The minimum atomic E-state index is -4.76. The van der Waals surface area contributed by atoms with Crippen molar-refractivity contribution in [3.05, 3.63) is 24.3 Å². The number of halogens is 3. The molecule has 0 aliphatic carbocycles. The molecule has 0 saturated carbocycles. The summed E-state index contributed by atoms with van der Waals surface area (Å²) in [6.45, 7) is 2.52. The van der Waals surface area contributed by atoms with Crippen molar-refractivity contribution in [1.29, 1.82) is 0 Å². The first kappa shape index (κ1) is 15.6. The van der Waals surface area contributed by atoms with Crippen molar-refractivity contribution in [2.24, 2.45) is 5.73 Å². The SMILES string of the molecule is CCOC(CN)COc1ccccc1OC(F)(F)F. The van der Waals surface area contributed by atoms with Gasteiger partial charge >= 0.3 is 6.36 Å². The summed E-state index contributed by atoms with van der Waals surface area (Å²) < 4.78 is 50.9. The summed E-state index contributed by atoms with van der Waals surface area (Å²) in [5.74, 6) is -0.389. The van der Waals surface area contributed by atoms with Crippen LogP contribution in [0.5, 0.6) is 11.5 Å². The molecule has 108 valence electrons. The summed E-state index contributed by atoms with van der Waals surface area (Å²) in [6.07, 6.45) is -5.13. The Balaban J connectivity index is 2.67. The first-order chi connectivity index (χ1) is 8.96. The van der Waals surface area contributed by atoms with Crippen LogP contribution in [0.3, 0.4) is 0 Å². The van der Waals surface area contributed by atoms with Crippen LogP contribution in [0.2, 0.25) is 0 Å². The molecule has 7 heteroatoms. The summed E-state index contributed by atoms with van der Waals surface area (Å²) in [4.78, 5) is 0. The molecule has 0 aromatic heterocycles. The summed E-state index contributed by atoms with van der Waals surface area (Å²) in [5, 5.41) is 0. The number of alkyl halides is 3. The summed E-state index contributed by atoms with van der Waals surface area (Å²) in [7, 11) is 0. The van der Waals surface area contributed by atoms with E-state index in [0.29, 0.717) is 6.61 Å². The Morgan fingerprint density at radius 2 is 1.84 bits per heavy atom. The van der Waals surface area contributed by atoms with Gasteiger partial charge in [0.25, 0.3) is 0 Å². The monoisotopic (exact) mass is 279 g/mol. The molecule has 0 bridgehead atoms. The minimum Gasteiger partial charge on any atom is -0.487 e. The third kappa shape index (κ3) is 5.80. The zero-order valence-electron chi connectivity index (χ0n) is 10.4. The lowest BCUT2D eigenvalue weighted by Gasteiger charge is -2.18. The molecule has 0 spiro atoms. The Kier molecular flexibility index (Phi) is 5.91. The van der Waals surface area contributed by atoms with E-state index in [1.807, 2.05) is 0 Å². The van der Waals surface area contributed by atoms with Crippen molar-refractivity contribution >= 4 is 0 Å². The van der Waals surface area contributed by atoms with E-state index in [1.54, 1.807) is 13.0 Å². The Labute approximate surface area is 109 Å². The molecule has 2 N–H and O–H groups in total. The van der Waals surface area contributed by atoms with Crippen LogP contribution in [0, 0.1) is 0 Å². The van der Waals surface area contributed by atoms with E-state index in [1.165, 1.54) is 18.2 Å². The minimum absolute atomic E-state index is 0.00187. The van der Waals surface area contributed by atoms with E-state index in [0.717, 1.165) is 0 Å². The van der Waals surface area contributed by atoms with Crippen LogP contribution in [0.1, 0.15) is 6.92 Å². The highest BCUT2D eigenvalue weighted by atomic mass is 19.4. The number of hydrogen-bond donors (Lipinski definition) is 1. The maximum atomic E-state index is 12.2. The van der Waals surface area contributed by atoms with E-state index in [9.17, 15) is 13.2 Å². The zero-order valence-corrected chi connectivity index (χ0v) is 10.4.